The number of nitrogens with two attached hydrogens (primary N) is 1. The summed E-state index contributed by atoms with van der Waals surface area (Å²) in [6.45, 7) is 0.287. The van der Waals surface area contributed by atoms with Crippen LogP contribution in [0.1, 0.15) is 11.1 Å². The van der Waals surface area contributed by atoms with Gasteiger partial charge in [-0.05, 0) is 18.2 Å². The van der Waals surface area contributed by atoms with Crippen LogP contribution in [0.2, 0.25) is 0 Å². The molecule has 0 radical (unpaired) electrons. The van der Waals surface area contributed by atoms with E-state index in [9.17, 15) is 4.39 Å². The van der Waals surface area contributed by atoms with E-state index in [4.69, 9.17) is 5.84 Å². The van der Waals surface area contributed by atoms with E-state index >= 15 is 0 Å². The summed E-state index contributed by atoms with van der Waals surface area (Å²) in [6, 6.07) is 14.1. The zero-order chi connectivity index (χ0) is 13.9. The lowest BCUT2D eigenvalue weighted by Crippen LogP contribution is -2.32. The second-order valence-corrected chi connectivity index (χ2v) is 4.36. The zero-order valence-corrected chi connectivity index (χ0v) is 10.7. The van der Waals surface area contributed by atoms with Crippen LogP contribution in [0.4, 0.5) is 10.1 Å². The van der Waals surface area contributed by atoms with Crippen LogP contribution in [-0.2, 0) is 0 Å². The van der Waals surface area contributed by atoms with Crippen molar-refractivity contribution in [2.45, 2.75) is 0 Å². The van der Waals surface area contributed by atoms with Crippen LogP contribution in [0, 0.1) is 5.82 Å². The van der Waals surface area contributed by atoms with Gasteiger partial charge in [0.1, 0.15) is 11.7 Å². The summed E-state index contributed by atoms with van der Waals surface area (Å²) in [5.41, 5.74) is 5.09. The maximum absolute atomic E-state index is 14.0. The van der Waals surface area contributed by atoms with Gasteiger partial charge in [0, 0.05) is 11.1 Å². The molecule has 0 fully saturated rings. The predicted octanol–water partition coefficient (Wildman–Crippen LogP) is 2.17. The van der Waals surface area contributed by atoms with Gasteiger partial charge in [-0.15, -0.1) is 0 Å². The highest BCUT2D eigenvalue weighted by Gasteiger charge is 2.17. The molecule has 2 aromatic rings. The van der Waals surface area contributed by atoms with Gasteiger partial charge in [-0.25, -0.2) is 15.2 Å². The van der Waals surface area contributed by atoms with Gasteiger partial charge in [-0.3, -0.25) is 4.99 Å². The van der Waals surface area contributed by atoms with E-state index < -0.39 is 0 Å². The van der Waals surface area contributed by atoms with Crippen LogP contribution in [-0.4, -0.2) is 18.1 Å². The van der Waals surface area contributed by atoms with Crippen LogP contribution in [0.3, 0.4) is 0 Å². The average Bonchev–Trinajstić information content (AvgIpc) is 2.67. The van der Waals surface area contributed by atoms with Crippen molar-refractivity contribution in [2.75, 3.05) is 6.54 Å². The predicted molar refractivity (Wildman–Crippen MR) is 77.8 cm³/mol. The standard InChI is InChI=1S/C15H13FN4/c16-12-7-3-1-5-10(12)15-11-6-2-4-8-13(11)19-14(20-17)9-18-15/h1-8H,9,17H2,(H,19,20). The highest BCUT2D eigenvalue weighted by molar-refractivity contribution is 6.17. The van der Waals surface area contributed by atoms with E-state index in [-0.39, 0.29) is 12.4 Å². The van der Waals surface area contributed by atoms with Gasteiger partial charge >= 0.3 is 0 Å². The van der Waals surface area contributed by atoms with Crippen LogP contribution < -0.4 is 11.3 Å². The first-order valence-electron chi connectivity index (χ1n) is 6.22. The summed E-state index contributed by atoms with van der Waals surface area (Å²) >= 11 is 0. The van der Waals surface area contributed by atoms with E-state index in [1.807, 2.05) is 24.3 Å². The Bertz CT molecular complexity index is 707. The molecule has 100 valence electrons. The number of rotatable bonds is 1. The number of amidine groups is 1. The molecule has 2 aromatic carbocycles. The molecule has 1 heterocycles. The van der Waals surface area contributed by atoms with Crippen molar-refractivity contribution in [3.63, 3.8) is 0 Å². The molecule has 0 atom stereocenters. The average molecular weight is 268 g/mol. The number of hydrogen-bond acceptors (Lipinski definition) is 4. The molecule has 0 aromatic heterocycles. The molecule has 0 amide bonds. The Kier molecular flexibility index (Phi) is 3.26. The van der Waals surface area contributed by atoms with Crippen LogP contribution in [0.5, 0.6) is 0 Å². The van der Waals surface area contributed by atoms with Gasteiger partial charge in [-0.1, -0.05) is 30.3 Å². The molecular formula is C15H13FN4. The first-order valence-corrected chi connectivity index (χ1v) is 6.22. The number of benzene rings is 2. The minimum absolute atomic E-state index is 0.287. The fourth-order valence-electron chi connectivity index (χ4n) is 2.15. The lowest BCUT2D eigenvalue weighted by Gasteiger charge is -2.08. The van der Waals surface area contributed by atoms with E-state index in [2.05, 4.69) is 15.4 Å². The minimum atomic E-state index is -0.301. The van der Waals surface area contributed by atoms with Crippen molar-refractivity contribution in [3.05, 3.63) is 65.5 Å². The Morgan fingerprint density at radius 2 is 1.70 bits per heavy atom. The third kappa shape index (κ3) is 2.19. The summed E-state index contributed by atoms with van der Waals surface area (Å²) in [5, 5.41) is 0. The quantitative estimate of drug-likeness (QED) is 0.615. The van der Waals surface area contributed by atoms with Gasteiger partial charge in [0.2, 0.25) is 0 Å². The van der Waals surface area contributed by atoms with Crippen molar-refractivity contribution >= 4 is 17.2 Å². The molecule has 0 unspecified atom stereocenters. The number of nitrogens with one attached hydrogen (secondary N) is 1. The molecule has 1 aliphatic heterocycles. The number of fused-ring (bicyclic) bond motifs is 1. The van der Waals surface area contributed by atoms with Crippen molar-refractivity contribution in [3.8, 4) is 0 Å². The zero-order valence-electron chi connectivity index (χ0n) is 10.7. The molecular weight excluding hydrogens is 255 g/mol. The Balaban J connectivity index is 2.19. The molecule has 20 heavy (non-hydrogen) atoms. The second kappa shape index (κ2) is 5.22. The van der Waals surface area contributed by atoms with Crippen molar-refractivity contribution in [1.29, 1.82) is 0 Å². The van der Waals surface area contributed by atoms with Crippen molar-refractivity contribution in [1.82, 2.24) is 5.43 Å². The molecule has 3 N–H and O–H groups in total. The number of nitrogens with zero attached hydrogens (tertiary/aromatic N) is 2. The molecule has 0 spiro atoms. The number of para-hydroxylation sites is 1. The van der Waals surface area contributed by atoms with Gasteiger partial charge in [0.15, 0.2) is 0 Å². The molecule has 3 rings (SSSR count). The summed E-state index contributed by atoms with van der Waals surface area (Å²) in [7, 11) is 0. The lowest BCUT2D eigenvalue weighted by molar-refractivity contribution is 0.625. The topological polar surface area (TPSA) is 62.8 Å². The SMILES string of the molecule is NNC1=Nc2ccccc2C(c2ccccc2F)=NC1. The van der Waals surface area contributed by atoms with E-state index in [1.165, 1.54) is 6.07 Å². The molecule has 0 bridgehead atoms. The monoisotopic (exact) mass is 268 g/mol. The number of halogens is 1. The third-order valence-corrected chi connectivity index (χ3v) is 3.10. The highest BCUT2D eigenvalue weighted by Crippen LogP contribution is 2.25. The lowest BCUT2D eigenvalue weighted by atomic mass is 10.0. The molecule has 4 nitrogen and oxygen atoms in total. The molecule has 0 aliphatic carbocycles. The fourth-order valence-corrected chi connectivity index (χ4v) is 2.15. The molecule has 0 saturated carbocycles. The number of hydrogen-bond donors (Lipinski definition) is 2. The van der Waals surface area contributed by atoms with Crippen molar-refractivity contribution < 1.29 is 4.39 Å². The Hall–Kier alpha value is -2.53. The fraction of sp³-hybridized carbons (Fsp3) is 0.0667. The first-order chi connectivity index (χ1) is 9.79. The molecule has 1 aliphatic rings. The van der Waals surface area contributed by atoms with E-state index in [1.54, 1.807) is 18.2 Å². The Labute approximate surface area is 115 Å². The third-order valence-electron chi connectivity index (χ3n) is 3.10. The second-order valence-electron chi connectivity index (χ2n) is 4.36. The van der Waals surface area contributed by atoms with Crippen LogP contribution in [0.25, 0.3) is 0 Å². The summed E-state index contributed by atoms with van der Waals surface area (Å²) in [4.78, 5) is 8.86. The number of aliphatic imine (C=N–C) groups is 2. The normalized spacial score (nSPS) is 13.9. The van der Waals surface area contributed by atoms with E-state index in [0.717, 1.165) is 11.3 Å². The van der Waals surface area contributed by atoms with E-state index in [0.29, 0.717) is 17.1 Å². The Morgan fingerprint density at radius 1 is 1.00 bits per heavy atom. The van der Waals surface area contributed by atoms with Crippen molar-refractivity contribution in [2.24, 2.45) is 15.8 Å². The molecule has 5 heteroatoms. The largest absolute Gasteiger partial charge is 0.310 e. The molecule has 0 saturated heterocycles. The first kappa shape index (κ1) is 12.5. The maximum Gasteiger partial charge on any atom is 0.138 e. The number of hydrazine groups is 1. The van der Waals surface area contributed by atoms with Gasteiger partial charge in [-0.2, -0.15) is 0 Å². The summed E-state index contributed by atoms with van der Waals surface area (Å²) < 4.78 is 14.0. The van der Waals surface area contributed by atoms with Gasteiger partial charge < -0.3 is 5.43 Å². The van der Waals surface area contributed by atoms with Gasteiger partial charge in [0.05, 0.1) is 17.9 Å². The highest BCUT2D eigenvalue weighted by atomic mass is 19.1. The maximum atomic E-state index is 14.0. The minimum Gasteiger partial charge on any atom is -0.310 e. The van der Waals surface area contributed by atoms with Gasteiger partial charge in [0.25, 0.3) is 0 Å². The Morgan fingerprint density at radius 3 is 2.45 bits per heavy atom. The summed E-state index contributed by atoms with van der Waals surface area (Å²) in [6.07, 6.45) is 0. The smallest absolute Gasteiger partial charge is 0.138 e. The van der Waals surface area contributed by atoms with Crippen LogP contribution >= 0.6 is 0 Å². The summed E-state index contributed by atoms with van der Waals surface area (Å²) in [5.74, 6) is 5.66. The van der Waals surface area contributed by atoms with Crippen LogP contribution in [0.15, 0.2) is 58.5 Å².